The summed E-state index contributed by atoms with van der Waals surface area (Å²) in [5.41, 5.74) is 7.44. The molecule has 0 saturated carbocycles. The second-order valence-corrected chi connectivity index (χ2v) is 3.79. The molecule has 2 N–H and O–H groups in total. The van der Waals surface area contributed by atoms with E-state index >= 15 is 0 Å². The lowest BCUT2D eigenvalue weighted by Gasteiger charge is -2.13. The maximum atomic E-state index is 13.1. The van der Waals surface area contributed by atoms with Crippen LogP contribution in [0.2, 0.25) is 5.02 Å². The fraction of sp³-hybridized carbons (Fsp3) is 0.273. The molecule has 1 aromatic carbocycles. The fourth-order valence-electron chi connectivity index (χ4n) is 1.29. The molecule has 0 saturated heterocycles. The van der Waals surface area contributed by atoms with E-state index in [-0.39, 0.29) is 11.1 Å². The molecule has 1 nitrogen and oxygen atoms in total. The number of rotatable bonds is 3. The Morgan fingerprint density at radius 2 is 2.29 bits per heavy atom. The monoisotopic (exact) mass is 213 g/mol. The van der Waals surface area contributed by atoms with Gasteiger partial charge in [-0.1, -0.05) is 29.3 Å². The fourth-order valence-corrected chi connectivity index (χ4v) is 1.56. The lowest BCUT2D eigenvalue weighted by atomic mass is 10.0. The third-order valence-electron chi connectivity index (χ3n) is 1.95. The van der Waals surface area contributed by atoms with Crippen LogP contribution in [-0.4, -0.2) is 0 Å². The largest absolute Gasteiger partial charge is 0.324 e. The SMILES string of the molecule is C=C(C)CC(N)c1cccc(F)c1Cl. The molecule has 0 aliphatic heterocycles. The first kappa shape index (κ1) is 11.2. The molecule has 0 bridgehead atoms. The molecular weight excluding hydrogens is 201 g/mol. The van der Waals surface area contributed by atoms with Crippen molar-refractivity contribution in [3.63, 3.8) is 0 Å². The Hall–Kier alpha value is -0.860. The smallest absolute Gasteiger partial charge is 0.142 e. The molecule has 0 fully saturated rings. The summed E-state index contributed by atoms with van der Waals surface area (Å²) in [5.74, 6) is -0.429. The molecule has 0 aliphatic rings. The summed E-state index contributed by atoms with van der Waals surface area (Å²) in [4.78, 5) is 0. The maximum Gasteiger partial charge on any atom is 0.142 e. The van der Waals surface area contributed by atoms with E-state index in [0.717, 1.165) is 5.57 Å². The van der Waals surface area contributed by atoms with Crippen LogP contribution in [-0.2, 0) is 0 Å². The molecule has 1 atom stereocenters. The van der Waals surface area contributed by atoms with E-state index in [0.29, 0.717) is 12.0 Å². The molecule has 1 rings (SSSR count). The number of hydrogen-bond acceptors (Lipinski definition) is 1. The molecule has 0 spiro atoms. The van der Waals surface area contributed by atoms with Crippen LogP contribution in [0.3, 0.4) is 0 Å². The van der Waals surface area contributed by atoms with Gasteiger partial charge in [0.2, 0.25) is 0 Å². The van der Waals surface area contributed by atoms with Gasteiger partial charge in [-0.3, -0.25) is 0 Å². The zero-order valence-corrected chi connectivity index (χ0v) is 8.81. The molecule has 3 heteroatoms. The normalized spacial score (nSPS) is 12.6. The van der Waals surface area contributed by atoms with E-state index < -0.39 is 5.82 Å². The Bertz CT molecular complexity index is 349. The molecule has 14 heavy (non-hydrogen) atoms. The number of hydrogen-bond donors (Lipinski definition) is 1. The van der Waals surface area contributed by atoms with Gasteiger partial charge in [0.15, 0.2) is 0 Å². The molecule has 0 radical (unpaired) electrons. The Morgan fingerprint density at radius 3 is 2.86 bits per heavy atom. The van der Waals surface area contributed by atoms with Crippen molar-refractivity contribution in [3.05, 3.63) is 46.8 Å². The lowest BCUT2D eigenvalue weighted by molar-refractivity contribution is 0.619. The highest BCUT2D eigenvalue weighted by atomic mass is 35.5. The summed E-state index contributed by atoms with van der Waals surface area (Å²) >= 11 is 5.79. The molecule has 1 aromatic rings. The highest BCUT2D eigenvalue weighted by molar-refractivity contribution is 6.31. The van der Waals surface area contributed by atoms with Crippen molar-refractivity contribution in [2.24, 2.45) is 5.73 Å². The zero-order chi connectivity index (χ0) is 10.7. The third-order valence-corrected chi connectivity index (χ3v) is 2.35. The summed E-state index contributed by atoms with van der Waals surface area (Å²) in [5, 5.41) is 0.112. The minimum Gasteiger partial charge on any atom is -0.324 e. The predicted molar refractivity (Wildman–Crippen MR) is 57.8 cm³/mol. The topological polar surface area (TPSA) is 26.0 Å². The Morgan fingerprint density at radius 1 is 1.64 bits per heavy atom. The van der Waals surface area contributed by atoms with Crippen LogP contribution < -0.4 is 5.73 Å². The van der Waals surface area contributed by atoms with Gasteiger partial charge < -0.3 is 5.73 Å². The van der Waals surface area contributed by atoms with Crippen LogP contribution in [0.4, 0.5) is 4.39 Å². The van der Waals surface area contributed by atoms with Crippen molar-refractivity contribution in [1.82, 2.24) is 0 Å². The van der Waals surface area contributed by atoms with E-state index in [9.17, 15) is 4.39 Å². The second-order valence-electron chi connectivity index (χ2n) is 3.41. The van der Waals surface area contributed by atoms with Crippen molar-refractivity contribution in [2.45, 2.75) is 19.4 Å². The molecular formula is C11H13ClFN. The van der Waals surface area contributed by atoms with E-state index in [2.05, 4.69) is 6.58 Å². The van der Waals surface area contributed by atoms with Gasteiger partial charge >= 0.3 is 0 Å². The molecule has 0 aromatic heterocycles. The van der Waals surface area contributed by atoms with Gasteiger partial charge in [0.25, 0.3) is 0 Å². The average molecular weight is 214 g/mol. The van der Waals surface area contributed by atoms with Gasteiger partial charge in [0, 0.05) is 6.04 Å². The highest BCUT2D eigenvalue weighted by Crippen LogP contribution is 2.27. The molecule has 0 heterocycles. The molecule has 76 valence electrons. The average Bonchev–Trinajstić information content (AvgIpc) is 2.08. The molecule has 0 aliphatic carbocycles. The third kappa shape index (κ3) is 2.56. The number of nitrogens with two attached hydrogens (primary N) is 1. The summed E-state index contributed by atoms with van der Waals surface area (Å²) < 4.78 is 13.1. The van der Waals surface area contributed by atoms with Crippen LogP contribution in [0.25, 0.3) is 0 Å². The van der Waals surface area contributed by atoms with Crippen molar-refractivity contribution < 1.29 is 4.39 Å². The van der Waals surface area contributed by atoms with Gasteiger partial charge in [-0.05, 0) is 25.0 Å². The summed E-state index contributed by atoms with van der Waals surface area (Å²) in [7, 11) is 0. The van der Waals surface area contributed by atoms with E-state index in [4.69, 9.17) is 17.3 Å². The van der Waals surface area contributed by atoms with Gasteiger partial charge in [-0.15, -0.1) is 6.58 Å². The number of benzene rings is 1. The zero-order valence-electron chi connectivity index (χ0n) is 8.06. The standard InChI is InChI=1S/C11H13ClFN/c1-7(2)6-10(14)8-4-3-5-9(13)11(8)12/h3-5,10H,1,6,14H2,2H3. The highest BCUT2D eigenvalue weighted by Gasteiger charge is 2.12. The molecule has 0 amide bonds. The first-order chi connectivity index (χ1) is 6.52. The van der Waals surface area contributed by atoms with Gasteiger partial charge in [-0.2, -0.15) is 0 Å². The maximum absolute atomic E-state index is 13.1. The Balaban J connectivity index is 2.95. The van der Waals surface area contributed by atoms with Crippen molar-refractivity contribution in [3.8, 4) is 0 Å². The quantitative estimate of drug-likeness (QED) is 0.765. The minimum absolute atomic E-state index is 0.112. The van der Waals surface area contributed by atoms with Crippen LogP contribution in [0.15, 0.2) is 30.4 Å². The van der Waals surface area contributed by atoms with Crippen molar-refractivity contribution >= 4 is 11.6 Å². The summed E-state index contributed by atoms with van der Waals surface area (Å²) in [6.07, 6.45) is 0.614. The van der Waals surface area contributed by atoms with Crippen molar-refractivity contribution in [1.29, 1.82) is 0 Å². The van der Waals surface area contributed by atoms with Gasteiger partial charge in [0.1, 0.15) is 5.82 Å². The van der Waals surface area contributed by atoms with Crippen LogP contribution in [0.1, 0.15) is 24.9 Å². The van der Waals surface area contributed by atoms with Gasteiger partial charge in [0.05, 0.1) is 5.02 Å². The van der Waals surface area contributed by atoms with Crippen LogP contribution in [0, 0.1) is 5.82 Å². The van der Waals surface area contributed by atoms with Crippen LogP contribution in [0.5, 0.6) is 0 Å². The lowest BCUT2D eigenvalue weighted by Crippen LogP contribution is -2.11. The number of halogens is 2. The first-order valence-corrected chi connectivity index (χ1v) is 4.74. The van der Waals surface area contributed by atoms with Crippen LogP contribution >= 0.6 is 11.6 Å². The van der Waals surface area contributed by atoms with Crippen molar-refractivity contribution in [2.75, 3.05) is 0 Å². The molecule has 1 unspecified atom stereocenters. The van der Waals surface area contributed by atoms with E-state index in [1.807, 2.05) is 6.92 Å². The predicted octanol–water partition coefficient (Wildman–Crippen LogP) is 3.45. The first-order valence-electron chi connectivity index (χ1n) is 4.36. The Labute approximate surface area is 88.4 Å². The Kier molecular flexibility index (Phi) is 3.67. The van der Waals surface area contributed by atoms with E-state index in [1.54, 1.807) is 12.1 Å². The second kappa shape index (κ2) is 4.58. The summed E-state index contributed by atoms with van der Waals surface area (Å²) in [6.45, 7) is 5.64. The minimum atomic E-state index is -0.429. The summed E-state index contributed by atoms with van der Waals surface area (Å²) in [6, 6.07) is 4.38. The van der Waals surface area contributed by atoms with Gasteiger partial charge in [-0.25, -0.2) is 4.39 Å². The van der Waals surface area contributed by atoms with E-state index in [1.165, 1.54) is 6.07 Å².